The number of anilines is 1. The van der Waals surface area contributed by atoms with Crippen LogP contribution in [0.4, 0.5) is 54.1 Å². The van der Waals surface area contributed by atoms with E-state index in [1.807, 2.05) is 0 Å². The normalized spacial score (nSPS) is 26.7. The summed E-state index contributed by atoms with van der Waals surface area (Å²) >= 11 is 0. The van der Waals surface area contributed by atoms with E-state index in [9.17, 15) is 53.1 Å². The first kappa shape index (κ1) is 20.2. The number of hydrogen-bond donors (Lipinski definition) is 1. The Balaban J connectivity index is 2.69. The fraction of sp³-hybridized carbons (Fsp3) is 0.500. The van der Waals surface area contributed by atoms with Crippen LogP contribution in [-0.4, -0.2) is 46.2 Å². The van der Waals surface area contributed by atoms with E-state index >= 15 is 0 Å². The molecule has 0 bridgehead atoms. The lowest BCUT2D eigenvalue weighted by Gasteiger charge is -2.51. The molecule has 1 aliphatic carbocycles. The van der Waals surface area contributed by atoms with Gasteiger partial charge in [-0.1, -0.05) is 6.07 Å². The van der Waals surface area contributed by atoms with Gasteiger partial charge in [0.15, 0.2) is 0 Å². The number of nitrogens with one attached hydrogen (secondary N) is 1. The lowest BCUT2D eigenvalue weighted by atomic mass is 9.71. The fourth-order valence-corrected chi connectivity index (χ4v) is 2.15. The summed E-state index contributed by atoms with van der Waals surface area (Å²) in [5.74, 6) is -40.8. The van der Waals surface area contributed by atoms with Crippen molar-refractivity contribution in [2.75, 3.05) is 5.32 Å². The van der Waals surface area contributed by atoms with Crippen molar-refractivity contribution in [2.24, 2.45) is 0 Å². The van der Waals surface area contributed by atoms with Crippen LogP contribution in [0.3, 0.4) is 0 Å². The molecule has 146 valence electrons. The van der Waals surface area contributed by atoms with Crippen LogP contribution in [0.25, 0.3) is 0 Å². The Morgan fingerprint density at radius 2 is 1.15 bits per heavy atom. The van der Waals surface area contributed by atoms with E-state index in [0.29, 0.717) is 6.07 Å². The highest BCUT2D eigenvalue weighted by Crippen LogP contribution is 2.69. The largest absolute Gasteiger partial charge is 0.384 e. The highest BCUT2D eigenvalue weighted by atomic mass is 19.4. The van der Waals surface area contributed by atoms with Crippen LogP contribution in [0.15, 0.2) is 24.4 Å². The average Bonchev–Trinajstić information content (AvgIpc) is 2.52. The van der Waals surface area contributed by atoms with Crippen LogP contribution < -0.4 is 5.32 Å². The van der Waals surface area contributed by atoms with E-state index in [-0.39, 0.29) is 0 Å². The minimum atomic E-state index is -7.37. The molecule has 0 unspecified atom stereocenters. The van der Waals surface area contributed by atoms with Crippen molar-refractivity contribution in [1.29, 1.82) is 0 Å². The molecule has 0 spiro atoms. The molecule has 0 aliphatic heterocycles. The number of hydrogen-bond acceptors (Lipinski definition) is 2. The van der Waals surface area contributed by atoms with Crippen LogP contribution in [0.5, 0.6) is 0 Å². The van der Waals surface area contributed by atoms with E-state index in [1.165, 1.54) is 0 Å². The molecule has 1 fully saturated rings. The summed E-state index contributed by atoms with van der Waals surface area (Å²) in [6.45, 7) is 0. The zero-order chi connectivity index (χ0) is 20.4. The SMILES string of the molecule is O=C(Nc1ccccn1)C1(F)C(F)(F)C(F)(F)C(F)(F)C(F)(F)C1(F)F. The molecule has 14 heteroatoms. The van der Waals surface area contributed by atoms with Gasteiger partial charge in [-0.2, -0.15) is 43.9 Å². The van der Waals surface area contributed by atoms with E-state index in [1.54, 1.807) is 0 Å². The van der Waals surface area contributed by atoms with Crippen molar-refractivity contribution in [2.45, 2.75) is 35.3 Å². The van der Waals surface area contributed by atoms with Crippen LogP contribution in [-0.2, 0) is 4.79 Å². The van der Waals surface area contributed by atoms with Gasteiger partial charge >= 0.3 is 35.3 Å². The van der Waals surface area contributed by atoms with Crippen molar-refractivity contribution >= 4 is 11.7 Å². The Hall–Kier alpha value is -2.15. The number of aromatic nitrogens is 1. The molecule has 1 amide bonds. The van der Waals surface area contributed by atoms with Crippen LogP contribution in [0, 0.1) is 0 Å². The summed E-state index contributed by atoms with van der Waals surface area (Å²) in [4.78, 5) is 14.6. The molecule has 0 radical (unpaired) electrons. The quantitative estimate of drug-likeness (QED) is 0.763. The fourth-order valence-electron chi connectivity index (χ4n) is 2.15. The van der Waals surface area contributed by atoms with Crippen LogP contribution in [0.2, 0.25) is 0 Å². The highest BCUT2D eigenvalue weighted by molar-refractivity contribution is 5.99. The van der Waals surface area contributed by atoms with E-state index in [0.717, 1.165) is 23.6 Å². The third-order valence-electron chi connectivity index (χ3n) is 3.66. The Morgan fingerprint density at radius 3 is 1.54 bits per heavy atom. The summed E-state index contributed by atoms with van der Waals surface area (Å²) in [6, 6.07) is 2.79. The van der Waals surface area contributed by atoms with Crippen molar-refractivity contribution in [3.8, 4) is 0 Å². The second-order valence-corrected chi connectivity index (χ2v) is 5.20. The Kier molecular flexibility index (Phi) is 4.02. The Labute approximate surface area is 136 Å². The smallest absolute Gasteiger partial charge is 0.307 e. The zero-order valence-electron chi connectivity index (χ0n) is 11.8. The van der Waals surface area contributed by atoms with E-state index in [4.69, 9.17) is 0 Å². The number of rotatable bonds is 2. The van der Waals surface area contributed by atoms with E-state index < -0.39 is 47.0 Å². The molecule has 1 aliphatic rings. The van der Waals surface area contributed by atoms with E-state index in [2.05, 4.69) is 4.98 Å². The molecule has 1 aromatic rings. The van der Waals surface area contributed by atoms with Crippen molar-refractivity contribution < 1.29 is 53.1 Å². The molecule has 0 saturated heterocycles. The molecule has 1 heterocycles. The van der Waals surface area contributed by atoms with Gasteiger partial charge in [0.25, 0.3) is 5.91 Å². The van der Waals surface area contributed by atoms with Gasteiger partial charge in [0.1, 0.15) is 5.82 Å². The number of pyridine rings is 1. The number of carbonyl (C=O) groups excluding carboxylic acids is 1. The van der Waals surface area contributed by atoms with Crippen molar-refractivity contribution in [1.82, 2.24) is 4.98 Å². The zero-order valence-corrected chi connectivity index (χ0v) is 11.8. The summed E-state index contributed by atoms with van der Waals surface area (Å²) < 4.78 is 148. The predicted molar refractivity (Wildman–Crippen MR) is 61.4 cm³/mol. The van der Waals surface area contributed by atoms with Crippen LogP contribution >= 0.6 is 0 Å². The third-order valence-corrected chi connectivity index (χ3v) is 3.66. The average molecular weight is 402 g/mol. The Morgan fingerprint density at radius 1 is 0.731 bits per heavy atom. The highest BCUT2D eigenvalue weighted by Gasteiger charge is 3.02. The molecule has 3 nitrogen and oxygen atoms in total. The lowest BCUT2D eigenvalue weighted by Crippen LogP contribution is -2.86. The maximum atomic E-state index is 14.3. The molecule has 2 rings (SSSR count). The van der Waals surface area contributed by atoms with Gasteiger partial charge in [0, 0.05) is 6.20 Å². The van der Waals surface area contributed by atoms with Gasteiger partial charge in [-0.25, -0.2) is 9.37 Å². The van der Waals surface area contributed by atoms with Crippen molar-refractivity contribution in [3.05, 3.63) is 24.4 Å². The lowest BCUT2D eigenvalue weighted by molar-refractivity contribution is -0.475. The topological polar surface area (TPSA) is 42.0 Å². The van der Waals surface area contributed by atoms with Gasteiger partial charge in [0.05, 0.1) is 0 Å². The summed E-state index contributed by atoms with van der Waals surface area (Å²) in [7, 11) is 0. The molecule has 1 aromatic heterocycles. The first-order valence-electron chi connectivity index (χ1n) is 6.30. The number of nitrogens with zero attached hydrogens (tertiary/aromatic N) is 1. The van der Waals surface area contributed by atoms with Gasteiger partial charge < -0.3 is 5.32 Å². The maximum absolute atomic E-state index is 14.3. The summed E-state index contributed by atoms with van der Waals surface area (Å²) in [5, 5.41) is 0.870. The van der Waals surface area contributed by atoms with Gasteiger partial charge in [-0.05, 0) is 12.1 Å². The number of alkyl halides is 11. The minimum absolute atomic E-state index is 0.672. The summed E-state index contributed by atoms with van der Waals surface area (Å²) in [5.41, 5.74) is -6.73. The first-order valence-corrected chi connectivity index (χ1v) is 6.30. The number of halogens is 11. The summed E-state index contributed by atoms with van der Waals surface area (Å²) in [6.07, 6.45) is 0.801. The third kappa shape index (κ3) is 1.95. The second kappa shape index (κ2) is 5.19. The van der Waals surface area contributed by atoms with Crippen molar-refractivity contribution in [3.63, 3.8) is 0 Å². The first-order chi connectivity index (χ1) is 11.5. The maximum Gasteiger partial charge on any atom is 0.384 e. The standard InChI is InChI=1S/C12H5F11N2O/c13-7(6(26)25-5-3-1-2-4-24-5)8(14,15)10(18,19)12(22,23)11(20,21)9(7,16)17/h1-4H,(H,24,25,26). The predicted octanol–water partition coefficient (Wildman–Crippen LogP) is 3.92. The molecule has 26 heavy (non-hydrogen) atoms. The van der Waals surface area contributed by atoms with Gasteiger partial charge in [-0.3, -0.25) is 4.79 Å². The monoisotopic (exact) mass is 402 g/mol. The van der Waals surface area contributed by atoms with Gasteiger partial charge in [0.2, 0.25) is 0 Å². The molecule has 1 saturated carbocycles. The number of carbonyl (C=O) groups is 1. The minimum Gasteiger partial charge on any atom is -0.307 e. The molecule has 0 aromatic carbocycles. The molecule has 0 atom stereocenters. The molecular formula is C12H5F11N2O. The molecular weight excluding hydrogens is 397 g/mol. The Bertz CT molecular complexity index is 689. The number of amides is 1. The van der Waals surface area contributed by atoms with Crippen LogP contribution in [0.1, 0.15) is 0 Å². The van der Waals surface area contributed by atoms with Gasteiger partial charge in [-0.15, -0.1) is 0 Å². The molecule has 1 N–H and O–H groups in total. The second-order valence-electron chi connectivity index (χ2n) is 5.20.